The van der Waals surface area contributed by atoms with Gasteiger partial charge in [0.15, 0.2) is 0 Å². The average Bonchev–Trinajstić information content (AvgIpc) is 2.63. The van der Waals surface area contributed by atoms with Gasteiger partial charge in [0, 0.05) is 25.8 Å². The number of hydrogen-bond donors (Lipinski definition) is 2. The molecule has 0 heterocycles. The van der Waals surface area contributed by atoms with Crippen molar-refractivity contribution < 1.29 is 19.8 Å². The molecule has 0 bridgehead atoms. The Balaban J connectivity index is 3.80. The Bertz CT molecular complexity index is 382. The van der Waals surface area contributed by atoms with Gasteiger partial charge in [-0.05, 0) is 19.3 Å². The lowest BCUT2D eigenvalue weighted by molar-refractivity contribution is -0.140. The van der Waals surface area contributed by atoms with Crippen LogP contribution in [0, 0.1) is 0 Å². The number of aliphatic hydroxyl groups excluding tert-OH is 1. The Morgan fingerprint density at radius 3 is 1.96 bits per heavy atom. The molecule has 0 unspecified atom stereocenters. The number of carbonyl (C=O) groups excluding carboxylic acids is 1. The van der Waals surface area contributed by atoms with Crippen LogP contribution in [0.1, 0.15) is 96.8 Å². The van der Waals surface area contributed by atoms with E-state index in [0.717, 1.165) is 12.8 Å². The van der Waals surface area contributed by atoms with Crippen LogP contribution in [0.4, 0.5) is 0 Å². The van der Waals surface area contributed by atoms with Gasteiger partial charge >= 0.3 is 5.97 Å². The predicted molar refractivity (Wildman–Crippen MR) is 106 cm³/mol. The highest BCUT2D eigenvalue weighted by molar-refractivity contribution is 5.81. The fraction of sp³-hybridized carbons (Fsp3) is 0.810. The second-order valence-corrected chi connectivity index (χ2v) is 6.91. The van der Waals surface area contributed by atoms with Crippen LogP contribution in [0.3, 0.4) is 0 Å². The molecular formula is C21H39NO4. The van der Waals surface area contributed by atoms with Gasteiger partial charge in [0.25, 0.3) is 0 Å². The van der Waals surface area contributed by atoms with Crippen LogP contribution in [-0.2, 0) is 9.59 Å². The molecule has 0 atom stereocenters. The molecule has 0 spiro atoms. The van der Waals surface area contributed by atoms with E-state index >= 15 is 0 Å². The highest BCUT2D eigenvalue weighted by atomic mass is 16.4. The molecule has 2 N–H and O–H groups in total. The van der Waals surface area contributed by atoms with E-state index in [0.29, 0.717) is 13.0 Å². The lowest BCUT2D eigenvalue weighted by atomic mass is 10.1. The third-order valence-corrected chi connectivity index (χ3v) is 4.44. The summed E-state index contributed by atoms with van der Waals surface area (Å²) in [5.41, 5.74) is 0. The van der Waals surface area contributed by atoms with Crippen LogP contribution < -0.4 is 0 Å². The van der Waals surface area contributed by atoms with Crippen molar-refractivity contribution in [3.63, 3.8) is 0 Å². The normalized spacial score (nSPS) is 11.2. The number of carbonyl (C=O) groups is 2. The van der Waals surface area contributed by atoms with Crippen molar-refractivity contribution in [2.24, 2.45) is 0 Å². The number of nitrogens with zero attached hydrogens (tertiary/aromatic N) is 1. The van der Waals surface area contributed by atoms with Crippen molar-refractivity contribution in [3.05, 3.63) is 12.3 Å². The van der Waals surface area contributed by atoms with Crippen molar-refractivity contribution in [2.45, 2.75) is 96.8 Å². The summed E-state index contributed by atoms with van der Waals surface area (Å²) < 4.78 is 0. The summed E-state index contributed by atoms with van der Waals surface area (Å²) in [6.45, 7) is 2.70. The summed E-state index contributed by atoms with van der Waals surface area (Å²) in [5.74, 6) is -1.16. The van der Waals surface area contributed by atoms with Crippen molar-refractivity contribution in [1.82, 2.24) is 4.90 Å². The van der Waals surface area contributed by atoms with E-state index in [1.165, 1.54) is 62.7 Å². The second-order valence-electron chi connectivity index (χ2n) is 6.91. The zero-order valence-corrected chi connectivity index (χ0v) is 16.6. The number of hydrogen-bond acceptors (Lipinski definition) is 3. The van der Waals surface area contributed by atoms with Gasteiger partial charge in [-0.1, -0.05) is 70.8 Å². The molecule has 0 radical (unpaired) electrons. The average molecular weight is 370 g/mol. The van der Waals surface area contributed by atoms with Crippen molar-refractivity contribution in [2.75, 3.05) is 13.2 Å². The minimum absolute atomic E-state index is 0.00333. The Labute approximate surface area is 159 Å². The monoisotopic (exact) mass is 369 g/mol. The van der Waals surface area contributed by atoms with E-state index in [2.05, 4.69) is 6.92 Å². The van der Waals surface area contributed by atoms with Crippen LogP contribution in [0.5, 0.6) is 0 Å². The summed E-state index contributed by atoms with van der Waals surface area (Å²) in [7, 11) is 0. The molecule has 0 saturated heterocycles. The molecule has 0 fully saturated rings. The number of unbranched alkanes of at least 4 members (excludes halogenated alkanes) is 10. The third kappa shape index (κ3) is 16.1. The first kappa shape index (κ1) is 24.6. The van der Waals surface area contributed by atoms with E-state index in [1.54, 1.807) is 6.20 Å². The molecule has 1 amide bonds. The topological polar surface area (TPSA) is 77.8 Å². The first-order valence-electron chi connectivity index (χ1n) is 10.4. The second kappa shape index (κ2) is 18.4. The fourth-order valence-electron chi connectivity index (χ4n) is 2.83. The van der Waals surface area contributed by atoms with Gasteiger partial charge < -0.3 is 15.1 Å². The molecule has 0 aliphatic rings. The van der Waals surface area contributed by atoms with Crippen LogP contribution in [0.2, 0.25) is 0 Å². The third-order valence-electron chi connectivity index (χ3n) is 4.44. The molecule has 0 aromatic carbocycles. The lowest BCUT2D eigenvalue weighted by Gasteiger charge is -2.17. The quantitative estimate of drug-likeness (QED) is 0.337. The molecule has 5 heteroatoms. The molecular weight excluding hydrogens is 330 g/mol. The SMILES string of the molecule is CCCCCCCCCCCCC=CN(CCCO)C(=O)CCC(=O)O. The van der Waals surface area contributed by atoms with Gasteiger partial charge in [0.05, 0.1) is 6.42 Å². The fourth-order valence-corrected chi connectivity index (χ4v) is 2.83. The smallest absolute Gasteiger partial charge is 0.303 e. The number of aliphatic hydroxyl groups is 1. The van der Waals surface area contributed by atoms with Gasteiger partial charge in [-0.3, -0.25) is 9.59 Å². The van der Waals surface area contributed by atoms with Crippen molar-refractivity contribution >= 4 is 11.9 Å². The number of carboxylic acids is 1. The van der Waals surface area contributed by atoms with Crippen molar-refractivity contribution in [3.8, 4) is 0 Å². The molecule has 0 saturated carbocycles. The van der Waals surface area contributed by atoms with Gasteiger partial charge in [-0.2, -0.15) is 0 Å². The maximum absolute atomic E-state index is 12.0. The Kier molecular flexibility index (Phi) is 17.5. The van der Waals surface area contributed by atoms with Gasteiger partial charge in [-0.25, -0.2) is 0 Å². The molecule has 0 aliphatic carbocycles. The summed E-state index contributed by atoms with van der Waals surface area (Å²) in [6, 6.07) is 0. The van der Waals surface area contributed by atoms with Gasteiger partial charge in [0.2, 0.25) is 5.91 Å². The minimum atomic E-state index is -0.963. The Morgan fingerprint density at radius 2 is 1.42 bits per heavy atom. The molecule has 5 nitrogen and oxygen atoms in total. The number of amides is 1. The van der Waals surface area contributed by atoms with Crippen LogP contribution in [0.25, 0.3) is 0 Å². The van der Waals surface area contributed by atoms with E-state index in [4.69, 9.17) is 10.2 Å². The van der Waals surface area contributed by atoms with Crippen LogP contribution in [0.15, 0.2) is 12.3 Å². The lowest BCUT2D eigenvalue weighted by Crippen LogP contribution is -2.27. The van der Waals surface area contributed by atoms with Crippen LogP contribution >= 0.6 is 0 Å². The van der Waals surface area contributed by atoms with Crippen LogP contribution in [-0.4, -0.2) is 40.1 Å². The Hall–Kier alpha value is -1.36. The maximum Gasteiger partial charge on any atom is 0.303 e. The molecule has 0 aliphatic heterocycles. The first-order chi connectivity index (χ1) is 12.6. The number of carboxylic acid groups (broad SMARTS) is 1. The molecule has 26 heavy (non-hydrogen) atoms. The number of rotatable bonds is 18. The highest BCUT2D eigenvalue weighted by Gasteiger charge is 2.11. The minimum Gasteiger partial charge on any atom is -0.481 e. The highest BCUT2D eigenvalue weighted by Crippen LogP contribution is 2.11. The standard InChI is InChI=1S/C21H39NO4/c1-2-3-4-5-6-7-8-9-10-11-12-13-17-22(18-14-19-23)20(24)15-16-21(25)26/h13,17,23H,2-12,14-16,18-19H2,1H3,(H,25,26). The molecule has 0 aromatic rings. The zero-order chi connectivity index (χ0) is 19.5. The zero-order valence-electron chi connectivity index (χ0n) is 16.6. The van der Waals surface area contributed by atoms with Gasteiger partial charge in [-0.15, -0.1) is 0 Å². The summed E-state index contributed by atoms with van der Waals surface area (Å²) >= 11 is 0. The summed E-state index contributed by atoms with van der Waals surface area (Å²) in [6.07, 6.45) is 18.0. The number of aliphatic carboxylic acids is 1. The van der Waals surface area contributed by atoms with Gasteiger partial charge in [0.1, 0.15) is 0 Å². The summed E-state index contributed by atoms with van der Waals surface area (Å²) in [4.78, 5) is 24.1. The molecule has 0 rings (SSSR count). The maximum atomic E-state index is 12.0. The summed E-state index contributed by atoms with van der Waals surface area (Å²) in [5, 5.41) is 17.6. The van der Waals surface area contributed by atoms with Crippen molar-refractivity contribution in [1.29, 1.82) is 0 Å². The predicted octanol–water partition coefficient (Wildman–Crippen LogP) is 4.89. The Morgan fingerprint density at radius 1 is 0.846 bits per heavy atom. The molecule has 0 aromatic heterocycles. The van der Waals surface area contributed by atoms with E-state index in [1.807, 2.05) is 6.08 Å². The number of allylic oxidation sites excluding steroid dienone is 1. The van der Waals surface area contributed by atoms with E-state index in [-0.39, 0.29) is 25.4 Å². The largest absolute Gasteiger partial charge is 0.481 e. The van der Waals surface area contributed by atoms with E-state index in [9.17, 15) is 9.59 Å². The first-order valence-corrected chi connectivity index (χ1v) is 10.4. The molecule has 152 valence electrons. The van der Waals surface area contributed by atoms with E-state index < -0.39 is 5.97 Å².